The molecule has 1 aromatic heterocycles. The molecule has 1 rings (SSSR count). The van der Waals surface area contributed by atoms with Crippen molar-refractivity contribution in [1.82, 2.24) is 15.3 Å². The molecule has 4 nitrogen and oxygen atoms in total. The minimum Gasteiger partial charge on any atom is -0.297 e. The molecule has 0 radical (unpaired) electrons. The molecule has 104 valence electrons. The van der Waals surface area contributed by atoms with Gasteiger partial charge in [-0.15, -0.1) is 11.8 Å². The number of unbranched alkanes of at least 4 members (excludes halogenated alkanes) is 1. The van der Waals surface area contributed by atoms with Gasteiger partial charge in [-0.25, -0.2) is 4.98 Å². The number of nitrogens with zero attached hydrogens (tertiary/aromatic N) is 3. The third-order valence-corrected chi connectivity index (χ3v) is 3.71. The molecule has 0 aliphatic heterocycles. The molecule has 1 N–H and O–H groups in total. The van der Waals surface area contributed by atoms with E-state index in [0.29, 0.717) is 6.04 Å². The van der Waals surface area contributed by atoms with E-state index in [2.05, 4.69) is 35.2 Å². The Morgan fingerprint density at radius 3 is 2.79 bits per heavy atom. The van der Waals surface area contributed by atoms with Gasteiger partial charge in [0.2, 0.25) is 0 Å². The predicted octanol–water partition coefficient (Wildman–Crippen LogP) is 3.02. The minimum atomic E-state index is -0.411. The van der Waals surface area contributed by atoms with Crippen LogP contribution in [0.25, 0.3) is 0 Å². The zero-order valence-corrected chi connectivity index (χ0v) is 12.7. The van der Waals surface area contributed by atoms with Crippen molar-refractivity contribution in [3.05, 3.63) is 18.6 Å². The van der Waals surface area contributed by atoms with Gasteiger partial charge in [0.1, 0.15) is 10.6 Å². The molecule has 0 fully saturated rings. The lowest BCUT2D eigenvalue weighted by Crippen LogP contribution is -2.44. The van der Waals surface area contributed by atoms with Crippen LogP contribution in [0.15, 0.2) is 23.6 Å². The highest BCUT2D eigenvalue weighted by Crippen LogP contribution is 2.18. The Kier molecular flexibility index (Phi) is 6.82. The number of nitrogens with one attached hydrogen (secondary N) is 1. The van der Waals surface area contributed by atoms with E-state index in [9.17, 15) is 5.26 Å². The first kappa shape index (κ1) is 15.9. The molecule has 1 unspecified atom stereocenters. The van der Waals surface area contributed by atoms with E-state index in [1.54, 1.807) is 30.4 Å². The quantitative estimate of drug-likeness (QED) is 0.585. The van der Waals surface area contributed by atoms with Crippen molar-refractivity contribution in [3.8, 4) is 6.07 Å². The highest BCUT2D eigenvalue weighted by atomic mass is 32.2. The smallest absolute Gasteiger partial charge is 0.114 e. The maximum Gasteiger partial charge on any atom is 0.114 e. The van der Waals surface area contributed by atoms with Crippen LogP contribution in [-0.2, 0) is 0 Å². The SMILES string of the molecule is CC(C)NC(C)(C#N)CCCCSc1cnccn1. The van der Waals surface area contributed by atoms with Crippen LogP contribution in [0, 0.1) is 11.3 Å². The summed E-state index contributed by atoms with van der Waals surface area (Å²) >= 11 is 1.72. The molecular weight excluding hydrogens is 256 g/mol. The Morgan fingerprint density at radius 2 is 2.21 bits per heavy atom. The predicted molar refractivity (Wildman–Crippen MR) is 78.9 cm³/mol. The third-order valence-electron chi connectivity index (χ3n) is 2.71. The van der Waals surface area contributed by atoms with Gasteiger partial charge in [-0.2, -0.15) is 5.26 Å². The van der Waals surface area contributed by atoms with Crippen LogP contribution >= 0.6 is 11.8 Å². The maximum atomic E-state index is 9.23. The molecule has 0 amide bonds. The molecular formula is C14H22N4S. The Morgan fingerprint density at radius 1 is 1.42 bits per heavy atom. The van der Waals surface area contributed by atoms with Gasteiger partial charge < -0.3 is 0 Å². The van der Waals surface area contributed by atoms with Crippen molar-refractivity contribution in [2.24, 2.45) is 0 Å². The van der Waals surface area contributed by atoms with Gasteiger partial charge in [0, 0.05) is 18.4 Å². The normalized spacial score (nSPS) is 14.1. The van der Waals surface area contributed by atoms with Gasteiger partial charge in [-0.05, 0) is 45.8 Å². The Hall–Kier alpha value is -1.12. The van der Waals surface area contributed by atoms with Crippen molar-refractivity contribution >= 4 is 11.8 Å². The minimum absolute atomic E-state index is 0.332. The lowest BCUT2D eigenvalue weighted by Gasteiger charge is -2.25. The van der Waals surface area contributed by atoms with Gasteiger partial charge in [0.15, 0.2) is 0 Å². The van der Waals surface area contributed by atoms with Gasteiger partial charge >= 0.3 is 0 Å². The van der Waals surface area contributed by atoms with Crippen LogP contribution in [0.1, 0.15) is 40.0 Å². The van der Waals surface area contributed by atoms with Gasteiger partial charge in [0.25, 0.3) is 0 Å². The van der Waals surface area contributed by atoms with Crippen molar-refractivity contribution < 1.29 is 0 Å². The van der Waals surface area contributed by atoms with E-state index in [1.807, 2.05) is 6.92 Å². The fourth-order valence-corrected chi connectivity index (χ4v) is 2.74. The summed E-state index contributed by atoms with van der Waals surface area (Å²) in [5, 5.41) is 13.5. The summed E-state index contributed by atoms with van der Waals surface area (Å²) in [7, 11) is 0. The Balaban J connectivity index is 2.21. The number of hydrogen-bond donors (Lipinski definition) is 1. The molecule has 0 aliphatic rings. The van der Waals surface area contributed by atoms with E-state index in [1.165, 1.54) is 0 Å². The second-order valence-electron chi connectivity index (χ2n) is 5.09. The number of nitriles is 1. The van der Waals surface area contributed by atoms with Gasteiger partial charge in [-0.3, -0.25) is 10.3 Å². The summed E-state index contributed by atoms with van der Waals surface area (Å²) in [5.41, 5.74) is -0.411. The first-order valence-corrected chi connectivity index (χ1v) is 7.62. The molecule has 0 saturated heterocycles. The molecule has 0 aromatic carbocycles. The Bertz CT molecular complexity index is 402. The molecule has 1 aromatic rings. The molecule has 19 heavy (non-hydrogen) atoms. The first-order chi connectivity index (χ1) is 9.06. The topological polar surface area (TPSA) is 61.6 Å². The van der Waals surface area contributed by atoms with E-state index < -0.39 is 5.54 Å². The second-order valence-corrected chi connectivity index (χ2v) is 6.21. The van der Waals surface area contributed by atoms with Gasteiger partial charge in [0.05, 0.1) is 12.3 Å². The van der Waals surface area contributed by atoms with Crippen LogP contribution in [0.4, 0.5) is 0 Å². The molecule has 0 aliphatic carbocycles. The van der Waals surface area contributed by atoms with Crippen LogP contribution in [-0.4, -0.2) is 27.3 Å². The first-order valence-electron chi connectivity index (χ1n) is 6.63. The van der Waals surface area contributed by atoms with E-state index in [4.69, 9.17) is 0 Å². The molecule has 0 spiro atoms. The summed E-state index contributed by atoms with van der Waals surface area (Å²) in [6, 6.07) is 2.71. The maximum absolute atomic E-state index is 9.23. The molecule has 5 heteroatoms. The molecule has 0 bridgehead atoms. The fraction of sp³-hybridized carbons (Fsp3) is 0.643. The zero-order valence-electron chi connectivity index (χ0n) is 11.9. The van der Waals surface area contributed by atoms with Crippen LogP contribution in [0.5, 0.6) is 0 Å². The van der Waals surface area contributed by atoms with Crippen molar-refractivity contribution in [3.63, 3.8) is 0 Å². The monoisotopic (exact) mass is 278 g/mol. The lowest BCUT2D eigenvalue weighted by atomic mass is 9.96. The summed E-state index contributed by atoms with van der Waals surface area (Å²) in [6.45, 7) is 6.11. The van der Waals surface area contributed by atoms with E-state index in [0.717, 1.165) is 30.0 Å². The van der Waals surface area contributed by atoms with E-state index in [-0.39, 0.29) is 0 Å². The standard InChI is InChI=1S/C14H22N4S/c1-12(2)18-14(3,11-15)6-4-5-9-19-13-10-16-7-8-17-13/h7-8,10,12,18H,4-6,9H2,1-3H3. The molecule has 1 atom stereocenters. The largest absolute Gasteiger partial charge is 0.297 e. The highest BCUT2D eigenvalue weighted by molar-refractivity contribution is 7.99. The number of aromatic nitrogens is 2. The zero-order chi connectivity index (χ0) is 14.1. The van der Waals surface area contributed by atoms with Crippen molar-refractivity contribution in [1.29, 1.82) is 5.26 Å². The average molecular weight is 278 g/mol. The summed E-state index contributed by atoms with van der Waals surface area (Å²) in [6.07, 6.45) is 8.17. The molecule has 1 heterocycles. The lowest BCUT2D eigenvalue weighted by molar-refractivity contribution is 0.372. The average Bonchev–Trinajstić information content (AvgIpc) is 2.39. The summed E-state index contributed by atoms with van der Waals surface area (Å²) in [5.74, 6) is 1.02. The van der Waals surface area contributed by atoms with E-state index >= 15 is 0 Å². The number of rotatable bonds is 8. The van der Waals surface area contributed by atoms with Gasteiger partial charge in [-0.1, -0.05) is 0 Å². The number of thioether (sulfide) groups is 1. The second kappa shape index (κ2) is 8.13. The van der Waals surface area contributed by atoms with Crippen molar-refractivity contribution in [2.75, 3.05) is 5.75 Å². The van der Waals surface area contributed by atoms with Crippen molar-refractivity contribution in [2.45, 2.75) is 56.6 Å². The Labute approximate surface area is 120 Å². The summed E-state index contributed by atoms with van der Waals surface area (Å²) in [4.78, 5) is 8.25. The highest BCUT2D eigenvalue weighted by Gasteiger charge is 2.23. The number of hydrogen-bond acceptors (Lipinski definition) is 5. The summed E-state index contributed by atoms with van der Waals surface area (Å²) < 4.78 is 0. The van der Waals surface area contributed by atoms with Crippen LogP contribution in [0.2, 0.25) is 0 Å². The van der Waals surface area contributed by atoms with Crippen LogP contribution < -0.4 is 5.32 Å². The van der Waals surface area contributed by atoms with Crippen LogP contribution in [0.3, 0.4) is 0 Å². The third kappa shape index (κ3) is 6.55. The fourth-order valence-electron chi connectivity index (χ4n) is 1.91. The molecule has 0 saturated carbocycles.